The van der Waals surface area contributed by atoms with Gasteiger partial charge in [-0.2, -0.15) is 0 Å². The summed E-state index contributed by atoms with van der Waals surface area (Å²) in [5, 5.41) is 3.59. The number of hydrogen-bond acceptors (Lipinski definition) is 4. The van der Waals surface area contributed by atoms with E-state index in [0.717, 1.165) is 38.9 Å². The van der Waals surface area contributed by atoms with Crippen LogP contribution in [0.15, 0.2) is 0 Å². The number of morpholine rings is 1. The summed E-state index contributed by atoms with van der Waals surface area (Å²) in [5.74, 6) is 0. The fourth-order valence-corrected chi connectivity index (χ4v) is 2.25. The van der Waals surface area contributed by atoms with Crippen LogP contribution in [0.4, 0.5) is 0 Å². The highest BCUT2D eigenvalue weighted by atomic mass is 16.5. The summed E-state index contributed by atoms with van der Waals surface area (Å²) >= 11 is 0. The fourth-order valence-electron chi connectivity index (χ4n) is 2.25. The summed E-state index contributed by atoms with van der Waals surface area (Å²) in [4.78, 5) is 2.49. The molecule has 94 valence electrons. The van der Waals surface area contributed by atoms with Crippen molar-refractivity contribution < 1.29 is 9.47 Å². The van der Waals surface area contributed by atoms with Gasteiger partial charge < -0.3 is 14.8 Å². The average Bonchev–Trinajstić information content (AvgIpc) is 3.08. The molecule has 0 aromatic carbocycles. The lowest BCUT2D eigenvalue weighted by Crippen LogP contribution is -2.52. The Morgan fingerprint density at radius 2 is 2.31 bits per heavy atom. The van der Waals surface area contributed by atoms with Gasteiger partial charge in [0, 0.05) is 38.8 Å². The molecule has 2 aliphatic rings. The second kappa shape index (κ2) is 5.96. The van der Waals surface area contributed by atoms with Crippen LogP contribution in [0.1, 0.15) is 19.8 Å². The number of rotatable bonds is 6. The number of methoxy groups -OCH3 is 1. The minimum atomic E-state index is 0.356. The van der Waals surface area contributed by atoms with E-state index in [-0.39, 0.29) is 0 Å². The molecular weight excluding hydrogens is 204 g/mol. The molecule has 1 N–H and O–H groups in total. The van der Waals surface area contributed by atoms with Crippen molar-refractivity contribution in [2.75, 3.05) is 40.0 Å². The highest BCUT2D eigenvalue weighted by molar-refractivity contribution is 4.85. The van der Waals surface area contributed by atoms with E-state index in [9.17, 15) is 0 Å². The van der Waals surface area contributed by atoms with Crippen LogP contribution in [0.5, 0.6) is 0 Å². The third-order valence-corrected chi connectivity index (χ3v) is 3.37. The maximum absolute atomic E-state index is 5.57. The third-order valence-electron chi connectivity index (χ3n) is 3.37. The molecule has 0 radical (unpaired) electrons. The quantitative estimate of drug-likeness (QED) is 0.717. The molecular formula is C12H24N2O2. The Kier molecular flexibility index (Phi) is 4.58. The predicted octanol–water partition coefficient (Wildman–Crippen LogP) is 0.474. The first-order valence-corrected chi connectivity index (χ1v) is 6.37. The fraction of sp³-hybridized carbons (Fsp3) is 1.00. The Hall–Kier alpha value is -0.160. The van der Waals surface area contributed by atoms with Crippen molar-refractivity contribution in [3.63, 3.8) is 0 Å². The second-order valence-electron chi connectivity index (χ2n) is 4.97. The summed E-state index contributed by atoms with van der Waals surface area (Å²) < 4.78 is 10.9. The zero-order valence-corrected chi connectivity index (χ0v) is 10.4. The zero-order valence-electron chi connectivity index (χ0n) is 10.4. The Morgan fingerprint density at radius 1 is 1.50 bits per heavy atom. The summed E-state index contributed by atoms with van der Waals surface area (Å²) in [7, 11) is 1.79. The van der Waals surface area contributed by atoms with Crippen LogP contribution in [0.3, 0.4) is 0 Å². The van der Waals surface area contributed by atoms with E-state index in [1.54, 1.807) is 7.11 Å². The van der Waals surface area contributed by atoms with E-state index in [1.165, 1.54) is 12.8 Å². The minimum Gasteiger partial charge on any atom is -0.383 e. The molecule has 2 rings (SSSR count). The molecule has 0 spiro atoms. The molecule has 1 aliphatic carbocycles. The lowest BCUT2D eigenvalue weighted by Gasteiger charge is -2.37. The first-order valence-electron chi connectivity index (χ1n) is 6.37. The molecule has 16 heavy (non-hydrogen) atoms. The molecule has 0 amide bonds. The summed E-state index contributed by atoms with van der Waals surface area (Å²) in [6, 6.07) is 1.27. The van der Waals surface area contributed by atoms with Gasteiger partial charge in [-0.05, 0) is 19.8 Å². The Morgan fingerprint density at radius 3 is 2.94 bits per heavy atom. The van der Waals surface area contributed by atoms with Gasteiger partial charge in [0.2, 0.25) is 0 Å². The van der Waals surface area contributed by atoms with Crippen LogP contribution in [-0.4, -0.2) is 63.0 Å². The molecule has 1 heterocycles. The van der Waals surface area contributed by atoms with Gasteiger partial charge >= 0.3 is 0 Å². The Labute approximate surface area is 98.3 Å². The molecule has 2 atom stereocenters. The molecule has 2 unspecified atom stereocenters. The number of ether oxygens (including phenoxy) is 2. The van der Waals surface area contributed by atoms with E-state index in [4.69, 9.17) is 9.47 Å². The van der Waals surface area contributed by atoms with Gasteiger partial charge in [0.15, 0.2) is 0 Å². The Bertz CT molecular complexity index is 209. The van der Waals surface area contributed by atoms with Crippen LogP contribution in [0.25, 0.3) is 0 Å². The zero-order chi connectivity index (χ0) is 11.4. The molecule has 0 aromatic heterocycles. The lowest BCUT2D eigenvalue weighted by atomic mass is 10.2. The molecule has 2 fully saturated rings. The third kappa shape index (κ3) is 3.70. The molecule has 4 heteroatoms. The van der Waals surface area contributed by atoms with Crippen LogP contribution in [0, 0.1) is 0 Å². The van der Waals surface area contributed by atoms with Gasteiger partial charge in [0.25, 0.3) is 0 Å². The Balaban J connectivity index is 1.78. The first-order chi connectivity index (χ1) is 7.79. The van der Waals surface area contributed by atoms with Gasteiger partial charge in [-0.1, -0.05) is 0 Å². The molecule has 1 saturated heterocycles. The number of hydrogen-bond donors (Lipinski definition) is 1. The van der Waals surface area contributed by atoms with Crippen molar-refractivity contribution in [1.82, 2.24) is 10.2 Å². The molecule has 0 bridgehead atoms. The molecule has 0 aromatic rings. The van der Waals surface area contributed by atoms with Crippen molar-refractivity contribution in [2.24, 2.45) is 0 Å². The van der Waals surface area contributed by atoms with Crippen LogP contribution < -0.4 is 5.32 Å². The van der Waals surface area contributed by atoms with Gasteiger partial charge in [0.1, 0.15) is 0 Å². The van der Waals surface area contributed by atoms with E-state index in [0.29, 0.717) is 12.1 Å². The molecule has 1 aliphatic heterocycles. The maximum Gasteiger partial charge on any atom is 0.0674 e. The van der Waals surface area contributed by atoms with E-state index in [2.05, 4.69) is 17.1 Å². The van der Waals surface area contributed by atoms with Gasteiger partial charge in [-0.25, -0.2) is 0 Å². The summed E-state index contributed by atoms with van der Waals surface area (Å²) in [6.45, 7) is 6.91. The average molecular weight is 228 g/mol. The number of nitrogens with one attached hydrogen (secondary N) is 1. The normalized spacial score (nSPS) is 29.2. The standard InChI is InChI=1S/C12H24N2O2/c1-10-8-14(5-6-16-10)12(9-15-2)7-13-11-3-4-11/h10-13H,3-9H2,1-2H3. The smallest absolute Gasteiger partial charge is 0.0674 e. The largest absolute Gasteiger partial charge is 0.383 e. The van der Waals surface area contributed by atoms with Gasteiger partial charge in [-0.3, -0.25) is 4.90 Å². The summed E-state index contributed by atoms with van der Waals surface area (Å²) in [5.41, 5.74) is 0. The highest BCUT2D eigenvalue weighted by Gasteiger charge is 2.27. The monoisotopic (exact) mass is 228 g/mol. The lowest BCUT2D eigenvalue weighted by molar-refractivity contribution is -0.0450. The second-order valence-corrected chi connectivity index (χ2v) is 4.97. The number of nitrogens with zero attached hydrogens (tertiary/aromatic N) is 1. The van der Waals surface area contributed by atoms with Crippen LogP contribution in [0.2, 0.25) is 0 Å². The van der Waals surface area contributed by atoms with Crippen LogP contribution in [-0.2, 0) is 9.47 Å². The first kappa shape index (κ1) is 12.3. The topological polar surface area (TPSA) is 33.7 Å². The minimum absolute atomic E-state index is 0.356. The van der Waals surface area contributed by atoms with E-state index < -0.39 is 0 Å². The van der Waals surface area contributed by atoms with Crippen LogP contribution >= 0.6 is 0 Å². The molecule has 4 nitrogen and oxygen atoms in total. The van der Waals surface area contributed by atoms with Crippen molar-refractivity contribution in [2.45, 2.75) is 38.0 Å². The summed E-state index contributed by atoms with van der Waals surface area (Å²) in [6.07, 6.45) is 3.05. The maximum atomic E-state index is 5.57. The SMILES string of the molecule is COCC(CNC1CC1)N1CCOC(C)C1. The van der Waals surface area contributed by atoms with Crippen molar-refractivity contribution in [1.29, 1.82) is 0 Å². The van der Waals surface area contributed by atoms with E-state index in [1.807, 2.05) is 0 Å². The van der Waals surface area contributed by atoms with Crippen molar-refractivity contribution in [3.8, 4) is 0 Å². The van der Waals surface area contributed by atoms with Gasteiger partial charge in [-0.15, -0.1) is 0 Å². The highest BCUT2D eigenvalue weighted by Crippen LogP contribution is 2.19. The predicted molar refractivity (Wildman–Crippen MR) is 63.7 cm³/mol. The van der Waals surface area contributed by atoms with E-state index >= 15 is 0 Å². The van der Waals surface area contributed by atoms with Crippen molar-refractivity contribution >= 4 is 0 Å². The van der Waals surface area contributed by atoms with Crippen molar-refractivity contribution in [3.05, 3.63) is 0 Å². The van der Waals surface area contributed by atoms with Gasteiger partial charge in [0.05, 0.1) is 19.3 Å². The molecule has 1 saturated carbocycles.